The minimum atomic E-state index is -0.826. The van der Waals surface area contributed by atoms with Gasteiger partial charge >= 0.3 is 5.97 Å². The van der Waals surface area contributed by atoms with Crippen LogP contribution >= 0.6 is 0 Å². The highest BCUT2D eigenvalue weighted by Gasteiger charge is 2.31. The molecule has 0 fully saturated rings. The van der Waals surface area contributed by atoms with E-state index in [1.807, 2.05) is 13.8 Å². The summed E-state index contributed by atoms with van der Waals surface area (Å²) < 4.78 is 38.1. The molecule has 1 aromatic heterocycles. The van der Waals surface area contributed by atoms with Crippen molar-refractivity contribution in [2.45, 2.75) is 46.1 Å². The van der Waals surface area contributed by atoms with Crippen LogP contribution in [-0.2, 0) is 9.53 Å². The molecule has 3 atom stereocenters. The minimum Gasteiger partial charge on any atom is -0.503 e. The Kier molecular flexibility index (Phi) is 8.08. The zero-order valence-corrected chi connectivity index (χ0v) is 18.2. The van der Waals surface area contributed by atoms with E-state index < -0.39 is 47.1 Å². The number of nitrogens with zero attached hydrogens (tertiary/aromatic N) is 1. The number of hydrogen-bond acceptors (Lipinski definition) is 6. The molecule has 0 aliphatic rings. The number of pyridine rings is 1. The first-order valence-corrected chi connectivity index (χ1v) is 9.97. The molecule has 2 aromatic rings. The van der Waals surface area contributed by atoms with Crippen LogP contribution in [0.5, 0.6) is 11.5 Å². The molecule has 0 bridgehead atoms. The fraction of sp³-hybridized carbons (Fsp3) is 0.435. The quantitative estimate of drug-likeness (QED) is 0.456. The Morgan fingerprint density at radius 2 is 1.81 bits per heavy atom. The predicted octanol–water partition coefficient (Wildman–Crippen LogP) is 4.65. The fourth-order valence-corrected chi connectivity index (χ4v) is 3.56. The van der Waals surface area contributed by atoms with Gasteiger partial charge in [0.05, 0.1) is 13.0 Å². The highest BCUT2D eigenvalue weighted by atomic mass is 19.1. The van der Waals surface area contributed by atoms with Crippen LogP contribution in [0.1, 0.15) is 56.1 Å². The van der Waals surface area contributed by atoms with Gasteiger partial charge in [0.1, 0.15) is 17.7 Å². The fourth-order valence-electron chi connectivity index (χ4n) is 3.56. The highest BCUT2D eigenvalue weighted by molar-refractivity contribution is 5.99. The van der Waals surface area contributed by atoms with Crippen molar-refractivity contribution in [3.8, 4) is 11.5 Å². The van der Waals surface area contributed by atoms with E-state index in [2.05, 4.69) is 4.98 Å². The molecule has 1 N–H and O–H groups in total. The van der Waals surface area contributed by atoms with E-state index in [9.17, 15) is 23.5 Å². The maximum atomic E-state index is 14.3. The average molecular weight is 435 g/mol. The minimum absolute atomic E-state index is 0.0994. The van der Waals surface area contributed by atoms with Gasteiger partial charge in [0.2, 0.25) is 0 Å². The van der Waals surface area contributed by atoms with Crippen molar-refractivity contribution in [3.63, 3.8) is 0 Å². The number of rotatable bonds is 9. The Balaban J connectivity index is 2.11. The van der Waals surface area contributed by atoms with Crippen LogP contribution in [-0.4, -0.2) is 35.1 Å². The van der Waals surface area contributed by atoms with Gasteiger partial charge in [-0.05, 0) is 24.5 Å². The summed E-state index contributed by atoms with van der Waals surface area (Å²) in [6.07, 6.45) is 0.367. The largest absolute Gasteiger partial charge is 0.503 e. The van der Waals surface area contributed by atoms with E-state index >= 15 is 0 Å². The summed E-state index contributed by atoms with van der Waals surface area (Å²) in [6, 6.07) is 4.72. The average Bonchev–Trinajstić information content (AvgIpc) is 2.69. The monoisotopic (exact) mass is 435 g/mol. The van der Waals surface area contributed by atoms with Crippen LogP contribution in [0.4, 0.5) is 8.78 Å². The molecule has 168 valence electrons. The van der Waals surface area contributed by atoms with Crippen molar-refractivity contribution in [1.29, 1.82) is 0 Å². The standard InChI is InChI=1S/C23H27F2NO5/c1-12(2)20(16-7-6-15(24)11-17(16)25)14(4)31-23(29)13(3)10-18(27)21-22(28)19(30-5)8-9-26-21/h6-9,11-14,20,28H,10H2,1-5H3/t13-,14+,20-/m1/s1. The number of esters is 1. The molecule has 2 rings (SSSR count). The third-order valence-electron chi connectivity index (χ3n) is 5.11. The van der Waals surface area contributed by atoms with E-state index in [-0.39, 0.29) is 29.3 Å². The van der Waals surface area contributed by atoms with Gasteiger partial charge in [0, 0.05) is 30.7 Å². The Hall–Kier alpha value is -3.03. The van der Waals surface area contributed by atoms with Gasteiger partial charge in [-0.1, -0.05) is 26.8 Å². The maximum absolute atomic E-state index is 14.3. The molecular formula is C23H27F2NO5. The molecule has 0 radical (unpaired) electrons. The van der Waals surface area contributed by atoms with Crippen molar-refractivity contribution in [2.24, 2.45) is 11.8 Å². The molecule has 1 aromatic carbocycles. The van der Waals surface area contributed by atoms with Crippen LogP contribution in [0, 0.1) is 23.5 Å². The molecule has 0 aliphatic carbocycles. The van der Waals surface area contributed by atoms with Crippen LogP contribution < -0.4 is 4.74 Å². The summed E-state index contributed by atoms with van der Waals surface area (Å²) in [4.78, 5) is 29.0. The second-order valence-electron chi connectivity index (χ2n) is 7.82. The zero-order valence-electron chi connectivity index (χ0n) is 18.2. The molecule has 8 heteroatoms. The topological polar surface area (TPSA) is 85.7 Å². The van der Waals surface area contributed by atoms with E-state index in [1.165, 1.54) is 32.4 Å². The van der Waals surface area contributed by atoms with E-state index in [0.29, 0.717) is 0 Å². The van der Waals surface area contributed by atoms with Crippen LogP contribution in [0.2, 0.25) is 0 Å². The molecule has 0 spiro atoms. The lowest BCUT2D eigenvalue weighted by molar-refractivity contribution is -0.154. The lowest BCUT2D eigenvalue weighted by atomic mass is 9.84. The van der Waals surface area contributed by atoms with Crippen molar-refractivity contribution in [2.75, 3.05) is 7.11 Å². The normalized spacial score (nSPS) is 14.1. The first-order chi connectivity index (χ1) is 14.6. The number of Topliss-reactive ketones (excluding diaryl/α,β-unsaturated/α-hetero) is 1. The van der Waals surface area contributed by atoms with Gasteiger partial charge in [-0.2, -0.15) is 0 Å². The highest BCUT2D eigenvalue weighted by Crippen LogP contribution is 2.33. The number of halogens is 2. The number of methoxy groups -OCH3 is 1. The predicted molar refractivity (Wildman–Crippen MR) is 110 cm³/mol. The van der Waals surface area contributed by atoms with Gasteiger partial charge in [0.25, 0.3) is 0 Å². The maximum Gasteiger partial charge on any atom is 0.309 e. The van der Waals surface area contributed by atoms with E-state index in [1.54, 1.807) is 6.92 Å². The summed E-state index contributed by atoms with van der Waals surface area (Å²) in [6.45, 7) is 6.85. The van der Waals surface area contributed by atoms with Crippen molar-refractivity contribution >= 4 is 11.8 Å². The number of aromatic nitrogens is 1. The Labute approximate surface area is 180 Å². The third-order valence-corrected chi connectivity index (χ3v) is 5.11. The molecule has 0 unspecified atom stereocenters. The van der Waals surface area contributed by atoms with Crippen LogP contribution in [0.15, 0.2) is 30.5 Å². The summed E-state index contributed by atoms with van der Waals surface area (Å²) in [5.41, 5.74) is 0.0615. The SMILES string of the molecule is COc1ccnc(C(=O)C[C@@H](C)C(=O)O[C@@H](C)[C@H](c2ccc(F)cc2F)C(C)C)c1O. The molecule has 0 aliphatic heterocycles. The second-order valence-corrected chi connectivity index (χ2v) is 7.82. The number of benzene rings is 1. The smallest absolute Gasteiger partial charge is 0.309 e. The van der Waals surface area contributed by atoms with Crippen molar-refractivity contribution in [3.05, 3.63) is 53.4 Å². The first kappa shape index (κ1) is 24.2. The molecule has 0 amide bonds. The van der Waals surface area contributed by atoms with Gasteiger partial charge in [-0.25, -0.2) is 13.8 Å². The van der Waals surface area contributed by atoms with Crippen LogP contribution in [0.25, 0.3) is 0 Å². The first-order valence-electron chi connectivity index (χ1n) is 9.97. The summed E-state index contributed by atoms with van der Waals surface area (Å²) >= 11 is 0. The Morgan fingerprint density at radius 1 is 1.13 bits per heavy atom. The molecule has 6 nitrogen and oxygen atoms in total. The number of carbonyl (C=O) groups excluding carboxylic acids is 2. The molecule has 1 heterocycles. The molecule has 0 saturated heterocycles. The molecule has 31 heavy (non-hydrogen) atoms. The number of carbonyl (C=O) groups is 2. The Bertz CT molecular complexity index is 948. The number of ether oxygens (including phenoxy) is 2. The summed E-state index contributed by atoms with van der Waals surface area (Å²) in [5.74, 6) is -4.30. The number of aromatic hydroxyl groups is 1. The van der Waals surface area contributed by atoms with Gasteiger partial charge in [-0.3, -0.25) is 9.59 Å². The van der Waals surface area contributed by atoms with E-state index in [0.717, 1.165) is 12.1 Å². The van der Waals surface area contributed by atoms with E-state index in [4.69, 9.17) is 9.47 Å². The second kappa shape index (κ2) is 10.3. The molecular weight excluding hydrogens is 408 g/mol. The Morgan fingerprint density at radius 3 is 2.39 bits per heavy atom. The molecule has 0 saturated carbocycles. The van der Waals surface area contributed by atoms with Gasteiger partial charge < -0.3 is 14.6 Å². The third kappa shape index (κ3) is 5.77. The lowest BCUT2D eigenvalue weighted by Gasteiger charge is -2.29. The summed E-state index contributed by atoms with van der Waals surface area (Å²) in [5, 5.41) is 10.1. The van der Waals surface area contributed by atoms with Crippen molar-refractivity contribution in [1.82, 2.24) is 4.98 Å². The number of ketones is 1. The summed E-state index contributed by atoms with van der Waals surface area (Å²) in [7, 11) is 1.35. The van der Waals surface area contributed by atoms with Crippen molar-refractivity contribution < 1.29 is 33.0 Å². The van der Waals surface area contributed by atoms with Gasteiger partial charge in [0.15, 0.2) is 23.0 Å². The van der Waals surface area contributed by atoms with Crippen LogP contribution in [0.3, 0.4) is 0 Å². The zero-order chi connectivity index (χ0) is 23.3. The number of hydrogen-bond donors (Lipinski definition) is 1. The lowest BCUT2D eigenvalue weighted by Crippen LogP contribution is -2.30. The van der Waals surface area contributed by atoms with Gasteiger partial charge in [-0.15, -0.1) is 0 Å².